The van der Waals surface area contributed by atoms with Crippen LogP contribution in [0.2, 0.25) is 0 Å². The maximum atomic E-state index is 9.31. The van der Waals surface area contributed by atoms with Crippen LogP contribution in [0, 0.1) is 5.92 Å². The van der Waals surface area contributed by atoms with E-state index in [9.17, 15) is 5.11 Å². The van der Waals surface area contributed by atoms with Gasteiger partial charge in [0.25, 0.3) is 0 Å². The molecule has 3 heteroatoms. The van der Waals surface area contributed by atoms with Gasteiger partial charge in [-0.2, -0.15) is 5.10 Å². The third kappa shape index (κ3) is 1.61. The Kier molecular flexibility index (Phi) is 2.12. The summed E-state index contributed by atoms with van der Waals surface area (Å²) in [5.74, 6) is 0.837. The van der Waals surface area contributed by atoms with Gasteiger partial charge in [-0.25, -0.2) is 0 Å². The Morgan fingerprint density at radius 1 is 1.62 bits per heavy atom. The molecule has 1 aromatic heterocycles. The molecular weight excluding hydrogens is 164 g/mol. The van der Waals surface area contributed by atoms with Gasteiger partial charge in [-0.1, -0.05) is 6.92 Å². The number of rotatable bonds is 2. The summed E-state index contributed by atoms with van der Waals surface area (Å²) in [5, 5.41) is 13.6. The average Bonchev–Trinajstić information content (AvgIpc) is 2.46. The fourth-order valence-corrected chi connectivity index (χ4v) is 1.84. The molecule has 3 nitrogen and oxygen atoms in total. The van der Waals surface area contributed by atoms with Gasteiger partial charge in [0.2, 0.25) is 0 Å². The Labute approximate surface area is 78.4 Å². The summed E-state index contributed by atoms with van der Waals surface area (Å²) in [7, 11) is 0. The molecule has 0 amide bonds. The minimum Gasteiger partial charge on any atom is -0.389 e. The fourth-order valence-electron chi connectivity index (χ4n) is 1.84. The van der Waals surface area contributed by atoms with E-state index in [2.05, 4.69) is 12.0 Å². The van der Waals surface area contributed by atoms with Gasteiger partial charge < -0.3 is 5.11 Å². The van der Waals surface area contributed by atoms with E-state index in [4.69, 9.17) is 0 Å². The van der Waals surface area contributed by atoms with Crippen molar-refractivity contribution < 1.29 is 5.11 Å². The fraction of sp³-hybridized carbons (Fsp3) is 0.700. The van der Waals surface area contributed by atoms with Gasteiger partial charge in [0.15, 0.2) is 0 Å². The van der Waals surface area contributed by atoms with E-state index in [0.29, 0.717) is 6.04 Å². The molecule has 1 saturated carbocycles. The Balaban J connectivity index is 2.06. The van der Waals surface area contributed by atoms with Gasteiger partial charge in [0.1, 0.15) is 0 Å². The smallest absolute Gasteiger partial charge is 0.0792 e. The number of hydrogen-bond donors (Lipinski definition) is 1. The zero-order valence-corrected chi connectivity index (χ0v) is 8.14. The number of hydrogen-bond acceptors (Lipinski definition) is 2. The molecule has 0 aliphatic heterocycles. The minimum atomic E-state index is -0.397. The summed E-state index contributed by atoms with van der Waals surface area (Å²) >= 11 is 0. The van der Waals surface area contributed by atoms with Crippen molar-refractivity contribution in [3.05, 3.63) is 18.0 Å². The van der Waals surface area contributed by atoms with Gasteiger partial charge >= 0.3 is 0 Å². The molecule has 0 unspecified atom stereocenters. The van der Waals surface area contributed by atoms with Crippen LogP contribution in [-0.2, 0) is 0 Å². The predicted octanol–water partition coefficient (Wildman–Crippen LogP) is 1.91. The molecule has 1 aliphatic rings. The quantitative estimate of drug-likeness (QED) is 0.755. The van der Waals surface area contributed by atoms with Crippen molar-refractivity contribution in [3.63, 3.8) is 0 Å². The van der Waals surface area contributed by atoms with E-state index in [0.717, 1.165) is 11.5 Å². The average molecular weight is 180 g/mol. The van der Waals surface area contributed by atoms with Crippen LogP contribution in [0.3, 0.4) is 0 Å². The Morgan fingerprint density at radius 2 is 2.31 bits per heavy atom. The highest BCUT2D eigenvalue weighted by atomic mass is 16.3. The lowest BCUT2D eigenvalue weighted by atomic mass is 9.82. The van der Waals surface area contributed by atoms with Crippen molar-refractivity contribution >= 4 is 0 Å². The standard InChI is InChI=1S/C10H16N2O/c1-7-3-10(4-7)12-6-9(5-11-12)8(2)13/h5-8,10,13H,3-4H2,1-2H3/t7?,8-,10?/m0/s1. The van der Waals surface area contributed by atoms with Gasteiger partial charge in [-0.05, 0) is 25.7 Å². The number of aliphatic hydroxyl groups is 1. The van der Waals surface area contributed by atoms with E-state index in [-0.39, 0.29) is 0 Å². The van der Waals surface area contributed by atoms with Crippen LogP contribution in [0.25, 0.3) is 0 Å². The molecule has 1 aromatic rings. The van der Waals surface area contributed by atoms with Crippen molar-refractivity contribution in [2.45, 2.75) is 38.8 Å². The lowest BCUT2D eigenvalue weighted by molar-refractivity contribution is 0.193. The van der Waals surface area contributed by atoms with Gasteiger partial charge in [0, 0.05) is 11.8 Å². The number of aliphatic hydroxyl groups excluding tert-OH is 1. The molecule has 0 spiro atoms. The van der Waals surface area contributed by atoms with Gasteiger partial charge in [-0.15, -0.1) is 0 Å². The van der Waals surface area contributed by atoms with Crippen molar-refractivity contribution in [3.8, 4) is 0 Å². The van der Waals surface area contributed by atoms with E-state index in [1.807, 2.05) is 10.9 Å². The molecule has 0 aromatic carbocycles. The van der Waals surface area contributed by atoms with Crippen LogP contribution >= 0.6 is 0 Å². The highest BCUT2D eigenvalue weighted by Crippen LogP contribution is 2.36. The molecule has 13 heavy (non-hydrogen) atoms. The molecule has 1 N–H and O–H groups in total. The largest absolute Gasteiger partial charge is 0.389 e. The third-order valence-corrected chi connectivity index (χ3v) is 2.83. The van der Waals surface area contributed by atoms with E-state index >= 15 is 0 Å². The Bertz CT molecular complexity index is 287. The molecule has 1 heterocycles. The summed E-state index contributed by atoms with van der Waals surface area (Å²) in [6, 6.07) is 0.572. The molecule has 72 valence electrons. The molecule has 0 saturated heterocycles. The van der Waals surface area contributed by atoms with Crippen LogP contribution in [-0.4, -0.2) is 14.9 Å². The maximum Gasteiger partial charge on any atom is 0.0792 e. The van der Waals surface area contributed by atoms with Crippen molar-refractivity contribution in [2.75, 3.05) is 0 Å². The summed E-state index contributed by atoms with van der Waals surface area (Å²) in [5.41, 5.74) is 0.916. The second-order valence-electron chi connectivity index (χ2n) is 4.16. The first-order valence-corrected chi connectivity index (χ1v) is 4.89. The first-order valence-electron chi connectivity index (χ1n) is 4.89. The van der Waals surface area contributed by atoms with Gasteiger partial charge in [-0.3, -0.25) is 4.68 Å². The van der Waals surface area contributed by atoms with E-state index in [1.165, 1.54) is 12.8 Å². The highest BCUT2D eigenvalue weighted by molar-refractivity contribution is 5.07. The van der Waals surface area contributed by atoms with Crippen LogP contribution in [0.15, 0.2) is 12.4 Å². The van der Waals surface area contributed by atoms with Crippen LogP contribution in [0.1, 0.15) is 44.4 Å². The second kappa shape index (κ2) is 3.14. The molecule has 1 atom stereocenters. The van der Waals surface area contributed by atoms with Crippen molar-refractivity contribution in [1.82, 2.24) is 9.78 Å². The normalized spacial score (nSPS) is 29.8. The van der Waals surface area contributed by atoms with Crippen LogP contribution in [0.4, 0.5) is 0 Å². The molecule has 2 rings (SSSR count). The first-order chi connectivity index (χ1) is 6.16. The monoisotopic (exact) mass is 180 g/mol. The molecule has 1 fully saturated rings. The van der Waals surface area contributed by atoms with Crippen molar-refractivity contribution in [2.24, 2.45) is 5.92 Å². The van der Waals surface area contributed by atoms with E-state index in [1.54, 1.807) is 13.1 Å². The molecular formula is C10H16N2O. The molecule has 0 radical (unpaired) electrons. The van der Waals surface area contributed by atoms with Crippen LogP contribution < -0.4 is 0 Å². The van der Waals surface area contributed by atoms with Crippen molar-refractivity contribution in [1.29, 1.82) is 0 Å². The molecule has 0 bridgehead atoms. The predicted molar refractivity (Wildman–Crippen MR) is 50.3 cm³/mol. The maximum absolute atomic E-state index is 9.31. The second-order valence-corrected chi connectivity index (χ2v) is 4.16. The highest BCUT2D eigenvalue weighted by Gasteiger charge is 2.27. The summed E-state index contributed by atoms with van der Waals surface area (Å²) in [4.78, 5) is 0. The Morgan fingerprint density at radius 3 is 2.77 bits per heavy atom. The third-order valence-electron chi connectivity index (χ3n) is 2.83. The summed E-state index contributed by atoms with van der Waals surface area (Å²) < 4.78 is 1.99. The summed E-state index contributed by atoms with van der Waals surface area (Å²) in [6.45, 7) is 4.03. The first kappa shape index (κ1) is 8.75. The zero-order valence-electron chi connectivity index (χ0n) is 8.14. The lowest BCUT2D eigenvalue weighted by Gasteiger charge is -2.32. The lowest BCUT2D eigenvalue weighted by Crippen LogP contribution is -2.24. The number of aromatic nitrogens is 2. The zero-order chi connectivity index (χ0) is 9.42. The summed E-state index contributed by atoms with van der Waals surface area (Å²) in [6.07, 6.45) is 5.77. The minimum absolute atomic E-state index is 0.397. The Hall–Kier alpha value is -0.830. The van der Waals surface area contributed by atoms with Crippen LogP contribution in [0.5, 0.6) is 0 Å². The molecule has 1 aliphatic carbocycles. The topological polar surface area (TPSA) is 38.0 Å². The van der Waals surface area contributed by atoms with Gasteiger partial charge in [0.05, 0.1) is 18.3 Å². The van der Waals surface area contributed by atoms with E-state index < -0.39 is 6.10 Å². The number of nitrogens with zero attached hydrogens (tertiary/aromatic N) is 2. The SMILES string of the molecule is CC1CC(n2cc([C@H](C)O)cn2)C1.